The molecule has 94 valence electrons. The van der Waals surface area contributed by atoms with Crippen LogP contribution in [0, 0.1) is 5.82 Å². The van der Waals surface area contributed by atoms with Crippen molar-refractivity contribution in [2.45, 2.75) is 44.2 Å². The van der Waals surface area contributed by atoms with E-state index in [0.717, 1.165) is 31.2 Å². The van der Waals surface area contributed by atoms with Crippen molar-refractivity contribution < 1.29 is 9.13 Å². The van der Waals surface area contributed by atoms with E-state index in [-0.39, 0.29) is 11.4 Å². The van der Waals surface area contributed by atoms with Crippen LogP contribution in [0.1, 0.15) is 43.2 Å². The highest BCUT2D eigenvalue weighted by molar-refractivity contribution is 5.30. The summed E-state index contributed by atoms with van der Waals surface area (Å²) in [6.45, 7) is 0.309. The van der Waals surface area contributed by atoms with Crippen molar-refractivity contribution in [2.75, 3.05) is 7.11 Å². The highest BCUT2D eigenvalue weighted by atomic mass is 19.1. The average Bonchev–Trinajstić information content (AvgIpc) is 2.33. The molecular formula is C14H20FNO. The normalized spacial score (nSPS) is 19.2. The summed E-state index contributed by atoms with van der Waals surface area (Å²) in [5.74, 6) is -0.209. The first kappa shape index (κ1) is 12.5. The molecule has 2 nitrogen and oxygen atoms in total. The van der Waals surface area contributed by atoms with Crippen molar-refractivity contribution >= 4 is 0 Å². The monoisotopic (exact) mass is 237 g/mol. The molecule has 0 aliphatic heterocycles. The number of rotatable bonds is 3. The van der Waals surface area contributed by atoms with Crippen LogP contribution in [0.15, 0.2) is 18.2 Å². The zero-order valence-corrected chi connectivity index (χ0v) is 10.3. The standard InChI is InChI=1S/C14H20FNO/c1-17-10-11-5-6-12(9-13(11)15)14(16)7-3-2-4-8-14/h5-6,9H,2-4,7-8,10,16H2,1H3. The SMILES string of the molecule is COCc1ccc(C2(N)CCCCC2)cc1F. The second-order valence-electron chi connectivity index (χ2n) is 4.96. The molecule has 2 rings (SSSR count). The Balaban J connectivity index is 2.24. The summed E-state index contributed by atoms with van der Waals surface area (Å²) in [5, 5.41) is 0. The minimum atomic E-state index is -0.329. The fourth-order valence-corrected chi connectivity index (χ4v) is 2.60. The summed E-state index contributed by atoms with van der Waals surface area (Å²) >= 11 is 0. The molecular weight excluding hydrogens is 217 g/mol. The summed E-state index contributed by atoms with van der Waals surface area (Å²) in [6, 6.07) is 5.32. The van der Waals surface area contributed by atoms with Gasteiger partial charge < -0.3 is 10.5 Å². The van der Waals surface area contributed by atoms with Gasteiger partial charge in [0.25, 0.3) is 0 Å². The van der Waals surface area contributed by atoms with Gasteiger partial charge in [-0.2, -0.15) is 0 Å². The lowest BCUT2D eigenvalue weighted by Gasteiger charge is -2.34. The third-order valence-electron chi connectivity index (χ3n) is 3.67. The highest BCUT2D eigenvalue weighted by Crippen LogP contribution is 2.35. The number of ether oxygens (including phenoxy) is 1. The van der Waals surface area contributed by atoms with E-state index in [0.29, 0.717) is 12.2 Å². The topological polar surface area (TPSA) is 35.2 Å². The van der Waals surface area contributed by atoms with E-state index >= 15 is 0 Å². The number of benzene rings is 1. The Kier molecular flexibility index (Phi) is 3.79. The Morgan fingerprint density at radius 2 is 2.00 bits per heavy atom. The molecule has 0 heterocycles. The number of halogens is 1. The summed E-state index contributed by atoms with van der Waals surface area (Å²) in [7, 11) is 1.57. The predicted molar refractivity (Wildman–Crippen MR) is 66.1 cm³/mol. The predicted octanol–water partition coefficient (Wildman–Crippen LogP) is 3.09. The van der Waals surface area contributed by atoms with Gasteiger partial charge in [-0.1, -0.05) is 31.4 Å². The maximum atomic E-state index is 13.8. The van der Waals surface area contributed by atoms with Crippen molar-refractivity contribution in [3.05, 3.63) is 35.1 Å². The summed E-state index contributed by atoms with van der Waals surface area (Å²) in [5.41, 5.74) is 7.57. The summed E-state index contributed by atoms with van der Waals surface area (Å²) in [6.07, 6.45) is 5.42. The summed E-state index contributed by atoms with van der Waals surface area (Å²) in [4.78, 5) is 0. The van der Waals surface area contributed by atoms with Gasteiger partial charge in [0.1, 0.15) is 5.82 Å². The number of hydrogen-bond acceptors (Lipinski definition) is 2. The minimum absolute atomic E-state index is 0.209. The Morgan fingerprint density at radius 1 is 1.29 bits per heavy atom. The molecule has 2 N–H and O–H groups in total. The second-order valence-corrected chi connectivity index (χ2v) is 4.96. The molecule has 0 saturated heterocycles. The van der Waals surface area contributed by atoms with Crippen molar-refractivity contribution in [2.24, 2.45) is 5.73 Å². The van der Waals surface area contributed by atoms with E-state index < -0.39 is 0 Å². The Hall–Kier alpha value is -0.930. The van der Waals surface area contributed by atoms with Crippen molar-refractivity contribution in [3.8, 4) is 0 Å². The van der Waals surface area contributed by atoms with Crippen molar-refractivity contribution in [3.63, 3.8) is 0 Å². The fraction of sp³-hybridized carbons (Fsp3) is 0.571. The number of nitrogens with two attached hydrogens (primary N) is 1. The van der Waals surface area contributed by atoms with Gasteiger partial charge in [-0.25, -0.2) is 4.39 Å². The van der Waals surface area contributed by atoms with Crippen LogP contribution in [0.4, 0.5) is 4.39 Å². The molecule has 1 aromatic carbocycles. The maximum absolute atomic E-state index is 13.8. The summed E-state index contributed by atoms with van der Waals surface area (Å²) < 4.78 is 18.8. The molecule has 0 spiro atoms. The van der Waals surface area contributed by atoms with Crippen LogP contribution in [0.2, 0.25) is 0 Å². The number of methoxy groups -OCH3 is 1. The van der Waals surface area contributed by atoms with E-state index in [1.807, 2.05) is 6.07 Å². The molecule has 1 aromatic rings. The quantitative estimate of drug-likeness (QED) is 0.876. The smallest absolute Gasteiger partial charge is 0.129 e. The lowest BCUT2D eigenvalue weighted by atomic mass is 9.77. The van der Waals surface area contributed by atoms with Gasteiger partial charge in [-0.05, 0) is 24.5 Å². The first-order chi connectivity index (χ1) is 8.15. The first-order valence-corrected chi connectivity index (χ1v) is 6.22. The first-order valence-electron chi connectivity index (χ1n) is 6.22. The maximum Gasteiger partial charge on any atom is 0.129 e. The van der Waals surface area contributed by atoms with Crippen molar-refractivity contribution in [1.29, 1.82) is 0 Å². The third kappa shape index (κ3) is 2.67. The lowest BCUT2D eigenvalue weighted by Crippen LogP contribution is -2.38. The zero-order valence-electron chi connectivity index (χ0n) is 10.3. The Bertz CT molecular complexity index is 386. The third-order valence-corrected chi connectivity index (χ3v) is 3.67. The molecule has 0 amide bonds. The van der Waals surface area contributed by atoms with Crippen LogP contribution < -0.4 is 5.73 Å². The molecule has 1 aliphatic rings. The van der Waals surface area contributed by atoms with E-state index in [1.54, 1.807) is 19.2 Å². The van der Waals surface area contributed by atoms with E-state index in [1.165, 1.54) is 6.42 Å². The van der Waals surface area contributed by atoms with E-state index in [4.69, 9.17) is 10.5 Å². The van der Waals surface area contributed by atoms with Crippen LogP contribution in [0.5, 0.6) is 0 Å². The highest BCUT2D eigenvalue weighted by Gasteiger charge is 2.29. The van der Waals surface area contributed by atoms with Crippen LogP contribution in [-0.2, 0) is 16.9 Å². The minimum Gasteiger partial charge on any atom is -0.380 e. The molecule has 17 heavy (non-hydrogen) atoms. The zero-order chi connectivity index (χ0) is 12.3. The van der Waals surface area contributed by atoms with E-state index in [9.17, 15) is 4.39 Å². The van der Waals surface area contributed by atoms with Crippen LogP contribution in [0.3, 0.4) is 0 Å². The van der Waals surface area contributed by atoms with Gasteiger partial charge in [0, 0.05) is 18.2 Å². The largest absolute Gasteiger partial charge is 0.380 e. The molecule has 1 fully saturated rings. The van der Waals surface area contributed by atoms with Crippen LogP contribution >= 0.6 is 0 Å². The van der Waals surface area contributed by atoms with Gasteiger partial charge in [-0.3, -0.25) is 0 Å². The second kappa shape index (κ2) is 5.15. The van der Waals surface area contributed by atoms with Crippen LogP contribution in [-0.4, -0.2) is 7.11 Å². The van der Waals surface area contributed by atoms with Gasteiger partial charge in [0.05, 0.1) is 6.61 Å². The van der Waals surface area contributed by atoms with Crippen LogP contribution in [0.25, 0.3) is 0 Å². The molecule has 0 atom stereocenters. The van der Waals surface area contributed by atoms with Gasteiger partial charge >= 0.3 is 0 Å². The fourth-order valence-electron chi connectivity index (χ4n) is 2.60. The number of hydrogen-bond donors (Lipinski definition) is 1. The van der Waals surface area contributed by atoms with Crippen molar-refractivity contribution in [1.82, 2.24) is 0 Å². The molecule has 0 unspecified atom stereocenters. The van der Waals surface area contributed by atoms with Gasteiger partial charge in [-0.15, -0.1) is 0 Å². The van der Waals surface area contributed by atoms with E-state index in [2.05, 4.69) is 0 Å². The Labute approximate surface area is 102 Å². The molecule has 0 aromatic heterocycles. The lowest BCUT2D eigenvalue weighted by molar-refractivity contribution is 0.181. The molecule has 3 heteroatoms. The Morgan fingerprint density at radius 3 is 2.59 bits per heavy atom. The van der Waals surface area contributed by atoms with Gasteiger partial charge in [0.2, 0.25) is 0 Å². The van der Waals surface area contributed by atoms with Gasteiger partial charge in [0.15, 0.2) is 0 Å². The molecule has 1 aliphatic carbocycles. The molecule has 0 bridgehead atoms. The molecule has 0 radical (unpaired) electrons. The average molecular weight is 237 g/mol. The molecule has 1 saturated carbocycles.